The predicted molar refractivity (Wildman–Crippen MR) is 118 cm³/mol. The van der Waals surface area contributed by atoms with E-state index >= 15 is 0 Å². The maximum Gasteiger partial charge on any atom is 0.335 e. The number of carboxylic acid groups (broad SMARTS) is 1. The van der Waals surface area contributed by atoms with E-state index in [1.807, 2.05) is 35.8 Å². The number of ether oxygens (including phenoxy) is 1. The number of allylic oxidation sites excluding steroid dienone is 1. The van der Waals surface area contributed by atoms with Crippen molar-refractivity contribution in [1.82, 2.24) is 14.8 Å². The molecule has 0 aliphatic heterocycles. The molecule has 0 saturated heterocycles. The van der Waals surface area contributed by atoms with Crippen molar-refractivity contribution in [1.29, 1.82) is 0 Å². The molecule has 0 aliphatic rings. The minimum Gasteiger partial charge on any atom is -0.486 e. The molecule has 0 fully saturated rings. The normalized spacial score (nSPS) is 10.5. The molecule has 0 bridgehead atoms. The SMILES string of the molecule is C=CCn1c(COc2ccc(C)cc2)nnc1SCC(=O)Nc1ccc(C(=O)O)cc1. The summed E-state index contributed by atoms with van der Waals surface area (Å²) in [5.41, 5.74) is 1.83. The van der Waals surface area contributed by atoms with E-state index < -0.39 is 5.97 Å². The molecule has 0 saturated carbocycles. The van der Waals surface area contributed by atoms with E-state index in [1.165, 1.54) is 23.9 Å². The fraction of sp³-hybridized carbons (Fsp3) is 0.182. The maximum absolute atomic E-state index is 12.3. The van der Waals surface area contributed by atoms with Crippen molar-refractivity contribution in [2.45, 2.75) is 25.2 Å². The van der Waals surface area contributed by atoms with Gasteiger partial charge < -0.3 is 15.2 Å². The number of aromatic nitrogens is 3. The second kappa shape index (κ2) is 10.4. The molecule has 160 valence electrons. The first-order valence-electron chi connectivity index (χ1n) is 9.44. The Kier molecular flexibility index (Phi) is 7.45. The quantitative estimate of drug-likeness (QED) is 0.366. The number of carbonyl (C=O) groups excluding carboxylic acids is 1. The first-order chi connectivity index (χ1) is 15.0. The molecule has 3 aromatic rings. The molecule has 0 unspecified atom stereocenters. The van der Waals surface area contributed by atoms with Crippen LogP contribution in [0, 0.1) is 6.92 Å². The fourth-order valence-corrected chi connectivity index (χ4v) is 3.42. The van der Waals surface area contributed by atoms with Crippen LogP contribution in [0.15, 0.2) is 66.3 Å². The minimum atomic E-state index is -1.02. The van der Waals surface area contributed by atoms with Gasteiger partial charge >= 0.3 is 5.97 Å². The highest BCUT2D eigenvalue weighted by molar-refractivity contribution is 7.99. The standard InChI is InChI=1S/C22H22N4O4S/c1-3-12-26-19(13-30-18-10-4-15(2)5-11-18)24-25-22(26)31-14-20(27)23-17-8-6-16(7-9-17)21(28)29/h3-11H,1,12-14H2,2H3,(H,23,27)(H,28,29). The Morgan fingerprint density at radius 1 is 1.16 bits per heavy atom. The summed E-state index contributed by atoms with van der Waals surface area (Å²) in [5, 5.41) is 20.6. The summed E-state index contributed by atoms with van der Waals surface area (Å²) >= 11 is 1.25. The van der Waals surface area contributed by atoms with Crippen molar-refractivity contribution in [2.75, 3.05) is 11.1 Å². The van der Waals surface area contributed by atoms with E-state index in [0.29, 0.717) is 23.2 Å². The molecule has 8 nitrogen and oxygen atoms in total. The zero-order chi connectivity index (χ0) is 22.2. The molecular formula is C22H22N4O4S. The van der Waals surface area contributed by atoms with E-state index in [2.05, 4.69) is 22.1 Å². The third-order valence-corrected chi connectivity index (χ3v) is 5.21. The summed E-state index contributed by atoms with van der Waals surface area (Å²) in [5.74, 6) is 0.235. The average molecular weight is 439 g/mol. The number of anilines is 1. The Morgan fingerprint density at radius 2 is 1.87 bits per heavy atom. The van der Waals surface area contributed by atoms with Crippen molar-refractivity contribution in [2.24, 2.45) is 0 Å². The van der Waals surface area contributed by atoms with Crippen molar-refractivity contribution in [3.05, 3.63) is 78.1 Å². The van der Waals surface area contributed by atoms with E-state index in [1.54, 1.807) is 18.2 Å². The van der Waals surface area contributed by atoms with E-state index in [0.717, 1.165) is 11.3 Å². The summed E-state index contributed by atoms with van der Waals surface area (Å²) in [4.78, 5) is 23.2. The van der Waals surface area contributed by atoms with Crippen LogP contribution in [0.5, 0.6) is 5.75 Å². The Balaban J connectivity index is 1.58. The predicted octanol–water partition coefficient (Wildman–Crippen LogP) is 3.78. The summed E-state index contributed by atoms with van der Waals surface area (Å²) in [6, 6.07) is 13.7. The zero-order valence-electron chi connectivity index (χ0n) is 16.9. The maximum atomic E-state index is 12.3. The van der Waals surface area contributed by atoms with Crippen molar-refractivity contribution >= 4 is 29.3 Å². The highest BCUT2D eigenvalue weighted by Gasteiger charge is 2.14. The molecule has 9 heteroatoms. The number of thioether (sulfide) groups is 1. The van der Waals surface area contributed by atoms with Gasteiger partial charge in [-0.1, -0.05) is 35.5 Å². The number of benzene rings is 2. The Morgan fingerprint density at radius 3 is 2.52 bits per heavy atom. The molecule has 0 atom stereocenters. The van der Waals surface area contributed by atoms with Crippen molar-refractivity contribution in [3.63, 3.8) is 0 Å². The first-order valence-corrected chi connectivity index (χ1v) is 10.4. The van der Waals surface area contributed by atoms with Gasteiger partial charge in [-0.2, -0.15) is 0 Å². The molecule has 0 aliphatic carbocycles. The number of nitrogens with zero attached hydrogens (tertiary/aromatic N) is 3. The zero-order valence-corrected chi connectivity index (χ0v) is 17.8. The van der Waals surface area contributed by atoms with E-state index in [4.69, 9.17) is 9.84 Å². The number of nitrogens with one attached hydrogen (secondary N) is 1. The van der Waals surface area contributed by atoms with Gasteiger partial charge in [-0.15, -0.1) is 16.8 Å². The molecule has 0 spiro atoms. The number of hydrogen-bond donors (Lipinski definition) is 2. The fourth-order valence-electron chi connectivity index (χ4n) is 2.65. The van der Waals surface area contributed by atoms with Crippen LogP contribution in [0.3, 0.4) is 0 Å². The van der Waals surface area contributed by atoms with Gasteiger partial charge in [0.25, 0.3) is 0 Å². The van der Waals surface area contributed by atoms with Gasteiger partial charge in [-0.3, -0.25) is 9.36 Å². The van der Waals surface area contributed by atoms with Crippen LogP contribution < -0.4 is 10.1 Å². The van der Waals surface area contributed by atoms with Crippen LogP contribution in [0.4, 0.5) is 5.69 Å². The molecule has 3 rings (SSSR count). The number of aromatic carboxylic acids is 1. The number of amides is 1. The van der Waals surface area contributed by atoms with Crippen molar-refractivity contribution in [3.8, 4) is 5.75 Å². The Bertz CT molecular complexity index is 1060. The van der Waals surface area contributed by atoms with Crippen LogP contribution in [0.1, 0.15) is 21.7 Å². The van der Waals surface area contributed by atoms with E-state index in [-0.39, 0.29) is 23.8 Å². The largest absolute Gasteiger partial charge is 0.486 e. The van der Waals surface area contributed by atoms with Gasteiger partial charge in [-0.25, -0.2) is 4.79 Å². The Labute approximate surface area is 184 Å². The van der Waals surface area contributed by atoms with Crippen LogP contribution in [-0.4, -0.2) is 37.5 Å². The molecule has 1 heterocycles. The summed E-state index contributed by atoms with van der Waals surface area (Å²) in [6.45, 7) is 6.51. The highest BCUT2D eigenvalue weighted by atomic mass is 32.2. The molecule has 2 N–H and O–H groups in total. The van der Waals surface area contributed by atoms with E-state index in [9.17, 15) is 9.59 Å². The first kappa shape index (κ1) is 22.1. The topological polar surface area (TPSA) is 106 Å². The van der Waals surface area contributed by atoms with Crippen LogP contribution in [0.25, 0.3) is 0 Å². The third-order valence-electron chi connectivity index (χ3n) is 4.24. The average Bonchev–Trinajstić information content (AvgIpc) is 3.14. The van der Waals surface area contributed by atoms with Gasteiger partial charge in [0, 0.05) is 12.2 Å². The molecule has 1 amide bonds. The summed E-state index contributed by atoms with van der Waals surface area (Å²) in [6.07, 6.45) is 1.73. The van der Waals surface area contributed by atoms with Crippen LogP contribution >= 0.6 is 11.8 Å². The van der Waals surface area contributed by atoms with Crippen LogP contribution in [0.2, 0.25) is 0 Å². The molecular weight excluding hydrogens is 416 g/mol. The summed E-state index contributed by atoms with van der Waals surface area (Å²) < 4.78 is 7.64. The van der Waals surface area contributed by atoms with Gasteiger partial charge in [0.1, 0.15) is 12.4 Å². The van der Waals surface area contributed by atoms with Crippen LogP contribution in [-0.2, 0) is 17.9 Å². The monoisotopic (exact) mass is 438 g/mol. The van der Waals surface area contributed by atoms with Crippen molar-refractivity contribution < 1.29 is 19.4 Å². The molecule has 1 aromatic heterocycles. The highest BCUT2D eigenvalue weighted by Crippen LogP contribution is 2.20. The number of rotatable bonds is 10. The molecule has 0 radical (unpaired) electrons. The number of aryl methyl sites for hydroxylation is 1. The van der Waals surface area contributed by atoms with Gasteiger partial charge in [0.2, 0.25) is 5.91 Å². The smallest absolute Gasteiger partial charge is 0.335 e. The lowest BCUT2D eigenvalue weighted by atomic mass is 10.2. The molecule has 2 aromatic carbocycles. The minimum absolute atomic E-state index is 0.120. The lowest BCUT2D eigenvalue weighted by molar-refractivity contribution is -0.113. The lowest BCUT2D eigenvalue weighted by Gasteiger charge is -2.09. The number of carboxylic acids is 1. The number of carbonyl (C=O) groups is 2. The lowest BCUT2D eigenvalue weighted by Crippen LogP contribution is -2.15. The van der Waals surface area contributed by atoms with Gasteiger partial charge in [0.15, 0.2) is 11.0 Å². The Hall–Kier alpha value is -3.59. The second-order valence-electron chi connectivity index (χ2n) is 6.62. The number of hydrogen-bond acceptors (Lipinski definition) is 6. The van der Waals surface area contributed by atoms with Gasteiger partial charge in [-0.05, 0) is 43.3 Å². The summed E-state index contributed by atoms with van der Waals surface area (Å²) in [7, 11) is 0. The third kappa shape index (κ3) is 6.19. The van der Waals surface area contributed by atoms with Gasteiger partial charge in [0.05, 0.1) is 11.3 Å². The second-order valence-corrected chi connectivity index (χ2v) is 7.56. The molecule has 31 heavy (non-hydrogen) atoms.